The van der Waals surface area contributed by atoms with Gasteiger partial charge in [-0.1, -0.05) is 11.6 Å². The summed E-state index contributed by atoms with van der Waals surface area (Å²) in [6, 6.07) is 1.18. The number of hydrogen-bond acceptors (Lipinski definition) is 3. The molecule has 0 saturated carbocycles. The molecule has 0 spiro atoms. The van der Waals surface area contributed by atoms with Crippen molar-refractivity contribution in [2.75, 3.05) is 0 Å². The minimum absolute atomic E-state index is 0.102. The first-order chi connectivity index (χ1) is 6.43. The first-order valence-electron chi connectivity index (χ1n) is 4.05. The molecule has 5 heteroatoms. The maximum Gasteiger partial charge on any atom is 0.139 e. The number of halogens is 2. The van der Waals surface area contributed by atoms with Crippen LogP contribution in [-0.2, 0) is 0 Å². The van der Waals surface area contributed by atoms with Crippen LogP contribution in [0.15, 0.2) is 12.1 Å². The molecule has 0 aliphatic carbocycles. The Morgan fingerprint density at radius 1 is 1.50 bits per heavy atom. The molecule has 1 aromatic rings. The van der Waals surface area contributed by atoms with E-state index < -0.39 is 18.0 Å². The van der Waals surface area contributed by atoms with Gasteiger partial charge in [0.15, 0.2) is 0 Å². The summed E-state index contributed by atoms with van der Waals surface area (Å²) < 4.78 is 12.9. The van der Waals surface area contributed by atoms with Crippen molar-refractivity contribution in [1.82, 2.24) is 0 Å². The number of aromatic hydroxyl groups is 1. The molecule has 0 heterocycles. The number of phenols is 1. The summed E-state index contributed by atoms with van der Waals surface area (Å²) in [6.07, 6.45) is -0.890. The van der Waals surface area contributed by atoms with Gasteiger partial charge >= 0.3 is 0 Å². The second-order valence-corrected chi connectivity index (χ2v) is 3.50. The van der Waals surface area contributed by atoms with Crippen molar-refractivity contribution in [2.24, 2.45) is 5.73 Å². The number of aliphatic hydroxyl groups is 1. The highest BCUT2D eigenvalue weighted by Gasteiger charge is 2.18. The van der Waals surface area contributed by atoms with Crippen molar-refractivity contribution in [2.45, 2.75) is 19.1 Å². The van der Waals surface area contributed by atoms with Gasteiger partial charge in [-0.15, -0.1) is 0 Å². The second-order valence-electron chi connectivity index (χ2n) is 3.09. The van der Waals surface area contributed by atoms with Gasteiger partial charge in [-0.2, -0.15) is 0 Å². The summed E-state index contributed by atoms with van der Waals surface area (Å²) in [5, 5.41) is 18.5. The van der Waals surface area contributed by atoms with E-state index in [4.69, 9.17) is 17.3 Å². The molecule has 1 aromatic carbocycles. The number of benzene rings is 1. The quantitative estimate of drug-likeness (QED) is 0.707. The molecule has 2 atom stereocenters. The zero-order valence-electron chi connectivity index (χ0n) is 7.54. The van der Waals surface area contributed by atoms with Gasteiger partial charge in [0.05, 0.1) is 17.2 Å². The van der Waals surface area contributed by atoms with Crippen LogP contribution >= 0.6 is 11.6 Å². The van der Waals surface area contributed by atoms with Crippen LogP contribution in [0, 0.1) is 5.82 Å². The fourth-order valence-corrected chi connectivity index (χ4v) is 1.31. The molecule has 0 aliphatic heterocycles. The highest BCUT2D eigenvalue weighted by Crippen LogP contribution is 2.32. The van der Waals surface area contributed by atoms with Gasteiger partial charge in [-0.25, -0.2) is 4.39 Å². The van der Waals surface area contributed by atoms with Crippen molar-refractivity contribution >= 4 is 11.6 Å². The van der Waals surface area contributed by atoms with Crippen molar-refractivity contribution in [1.29, 1.82) is 0 Å². The molecular weight excluding hydrogens is 209 g/mol. The molecule has 0 bridgehead atoms. The highest BCUT2D eigenvalue weighted by atomic mass is 35.5. The second kappa shape index (κ2) is 4.13. The zero-order valence-corrected chi connectivity index (χ0v) is 8.29. The maximum absolute atomic E-state index is 12.9. The van der Waals surface area contributed by atoms with Gasteiger partial charge in [0, 0.05) is 5.56 Å². The summed E-state index contributed by atoms with van der Waals surface area (Å²) in [7, 11) is 0. The Labute approximate surface area is 85.9 Å². The first kappa shape index (κ1) is 11.2. The normalized spacial score (nSPS) is 15.2. The van der Waals surface area contributed by atoms with Crippen LogP contribution in [0.3, 0.4) is 0 Å². The SMILES string of the molecule is C[C@@H](O)[C@@H](N)c1cc(F)cc(Cl)c1O. The lowest BCUT2D eigenvalue weighted by atomic mass is 10.0. The van der Waals surface area contributed by atoms with E-state index in [1.165, 1.54) is 6.92 Å². The Balaban J connectivity index is 3.20. The van der Waals surface area contributed by atoms with Crippen LogP contribution in [0.1, 0.15) is 18.5 Å². The average Bonchev–Trinajstić information content (AvgIpc) is 2.09. The van der Waals surface area contributed by atoms with E-state index in [2.05, 4.69) is 0 Å². The molecule has 14 heavy (non-hydrogen) atoms. The smallest absolute Gasteiger partial charge is 0.139 e. The van der Waals surface area contributed by atoms with Gasteiger partial charge < -0.3 is 15.9 Å². The van der Waals surface area contributed by atoms with Crippen LogP contribution in [0.25, 0.3) is 0 Å². The molecule has 78 valence electrons. The third-order valence-corrected chi connectivity index (χ3v) is 2.22. The summed E-state index contributed by atoms with van der Waals surface area (Å²) >= 11 is 5.54. The molecule has 0 aliphatic rings. The Kier molecular flexibility index (Phi) is 3.31. The maximum atomic E-state index is 12.9. The molecule has 0 radical (unpaired) electrons. The summed E-state index contributed by atoms with van der Waals surface area (Å²) in [5.41, 5.74) is 5.64. The molecule has 1 rings (SSSR count). The number of hydrogen-bond donors (Lipinski definition) is 3. The fourth-order valence-electron chi connectivity index (χ4n) is 1.10. The van der Waals surface area contributed by atoms with Gasteiger partial charge in [-0.05, 0) is 19.1 Å². The fraction of sp³-hybridized carbons (Fsp3) is 0.333. The predicted molar refractivity (Wildman–Crippen MR) is 51.7 cm³/mol. The number of phenolic OH excluding ortho intramolecular Hbond substituents is 1. The van der Waals surface area contributed by atoms with Crippen LogP contribution in [0.4, 0.5) is 4.39 Å². The molecule has 0 unspecified atom stereocenters. The van der Waals surface area contributed by atoms with Crippen molar-refractivity contribution < 1.29 is 14.6 Å². The largest absolute Gasteiger partial charge is 0.506 e. The van der Waals surface area contributed by atoms with Crippen molar-refractivity contribution in [3.63, 3.8) is 0 Å². The van der Waals surface area contributed by atoms with E-state index in [1.54, 1.807) is 0 Å². The minimum atomic E-state index is -0.890. The molecule has 0 fully saturated rings. The summed E-state index contributed by atoms with van der Waals surface area (Å²) in [5.74, 6) is -0.889. The van der Waals surface area contributed by atoms with E-state index >= 15 is 0 Å². The van der Waals surface area contributed by atoms with Crippen LogP contribution in [0.2, 0.25) is 5.02 Å². The molecule has 0 aromatic heterocycles. The monoisotopic (exact) mass is 219 g/mol. The Morgan fingerprint density at radius 2 is 2.07 bits per heavy atom. The highest BCUT2D eigenvalue weighted by molar-refractivity contribution is 6.32. The van der Waals surface area contributed by atoms with E-state index in [0.29, 0.717) is 0 Å². The molecule has 4 N–H and O–H groups in total. The van der Waals surface area contributed by atoms with E-state index in [0.717, 1.165) is 12.1 Å². The summed E-state index contributed by atoms with van der Waals surface area (Å²) in [4.78, 5) is 0. The number of nitrogens with two attached hydrogens (primary N) is 1. The van der Waals surface area contributed by atoms with Crippen LogP contribution in [-0.4, -0.2) is 16.3 Å². The Bertz CT molecular complexity index is 344. The third-order valence-electron chi connectivity index (χ3n) is 1.94. The lowest BCUT2D eigenvalue weighted by Crippen LogP contribution is -2.23. The predicted octanol–water partition coefficient (Wildman–Crippen LogP) is 1.57. The third kappa shape index (κ3) is 2.15. The van der Waals surface area contributed by atoms with Crippen LogP contribution in [0.5, 0.6) is 5.75 Å². The number of rotatable bonds is 2. The van der Waals surface area contributed by atoms with Gasteiger partial charge in [0.1, 0.15) is 11.6 Å². The lowest BCUT2D eigenvalue weighted by Gasteiger charge is -2.16. The minimum Gasteiger partial charge on any atom is -0.506 e. The van der Waals surface area contributed by atoms with Crippen LogP contribution < -0.4 is 5.73 Å². The molecule has 0 amide bonds. The number of aliphatic hydroxyl groups excluding tert-OH is 1. The van der Waals surface area contributed by atoms with Crippen molar-refractivity contribution in [3.05, 3.63) is 28.5 Å². The van der Waals surface area contributed by atoms with Gasteiger partial charge in [0.25, 0.3) is 0 Å². The molecule has 3 nitrogen and oxygen atoms in total. The van der Waals surface area contributed by atoms with E-state index in [-0.39, 0.29) is 16.3 Å². The summed E-state index contributed by atoms with van der Waals surface area (Å²) in [6.45, 7) is 1.45. The van der Waals surface area contributed by atoms with Gasteiger partial charge in [-0.3, -0.25) is 0 Å². The lowest BCUT2D eigenvalue weighted by molar-refractivity contribution is 0.162. The van der Waals surface area contributed by atoms with E-state index in [9.17, 15) is 14.6 Å². The Morgan fingerprint density at radius 3 is 2.57 bits per heavy atom. The first-order valence-corrected chi connectivity index (χ1v) is 4.43. The average molecular weight is 220 g/mol. The van der Waals surface area contributed by atoms with Crippen molar-refractivity contribution in [3.8, 4) is 5.75 Å². The molecular formula is C9H11ClFNO2. The topological polar surface area (TPSA) is 66.5 Å². The standard InChI is InChI=1S/C9H11ClFNO2/c1-4(13)8(12)6-2-5(11)3-7(10)9(6)14/h2-4,8,13-14H,12H2,1H3/t4-,8-/m1/s1. The Hall–Kier alpha value is -0.840. The van der Waals surface area contributed by atoms with E-state index in [1.807, 2.05) is 0 Å². The molecule has 0 saturated heterocycles. The zero-order chi connectivity index (χ0) is 10.9. The van der Waals surface area contributed by atoms with Gasteiger partial charge in [0.2, 0.25) is 0 Å².